The molecular formula is C18H26N2O4. The summed E-state index contributed by atoms with van der Waals surface area (Å²) >= 11 is 0. The van der Waals surface area contributed by atoms with Gasteiger partial charge in [-0.25, -0.2) is 0 Å². The molecule has 0 aromatic heterocycles. The lowest BCUT2D eigenvalue weighted by Crippen LogP contribution is -2.45. The Morgan fingerprint density at radius 3 is 2.25 bits per heavy atom. The number of carbonyl (C=O) groups excluding carboxylic acids is 2. The lowest BCUT2D eigenvalue weighted by Gasteiger charge is -2.27. The van der Waals surface area contributed by atoms with Gasteiger partial charge in [0.25, 0.3) is 0 Å². The lowest BCUT2D eigenvalue weighted by molar-refractivity contribution is -0.138. The Hall–Kier alpha value is -2.37. The van der Waals surface area contributed by atoms with E-state index in [9.17, 15) is 14.4 Å². The van der Waals surface area contributed by atoms with Crippen LogP contribution in [0.5, 0.6) is 0 Å². The highest BCUT2D eigenvalue weighted by Crippen LogP contribution is 2.19. The maximum absolute atomic E-state index is 12.3. The van der Waals surface area contributed by atoms with Crippen LogP contribution < -0.4 is 10.6 Å². The molecule has 0 spiro atoms. The molecule has 0 heterocycles. The van der Waals surface area contributed by atoms with E-state index in [1.807, 2.05) is 31.2 Å². The maximum Gasteiger partial charge on any atom is 0.303 e. The average Bonchev–Trinajstić information content (AvgIpc) is 2.44. The third kappa shape index (κ3) is 7.26. The van der Waals surface area contributed by atoms with Crippen molar-refractivity contribution in [3.63, 3.8) is 0 Å². The monoisotopic (exact) mass is 334 g/mol. The van der Waals surface area contributed by atoms with Gasteiger partial charge in [0.2, 0.25) is 11.8 Å². The molecule has 0 aliphatic rings. The highest BCUT2D eigenvalue weighted by atomic mass is 16.4. The van der Waals surface area contributed by atoms with E-state index in [0.717, 1.165) is 11.1 Å². The Kier molecular flexibility index (Phi) is 6.95. The fourth-order valence-corrected chi connectivity index (χ4v) is 2.39. The van der Waals surface area contributed by atoms with Crippen LogP contribution in [0, 0.1) is 6.92 Å². The number of hydrogen-bond donors (Lipinski definition) is 3. The first-order chi connectivity index (χ1) is 11.1. The maximum atomic E-state index is 12.3. The normalized spacial score (nSPS) is 12.3. The largest absolute Gasteiger partial charge is 0.481 e. The number of aliphatic carboxylic acids is 1. The summed E-state index contributed by atoms with van der Waals surface area (Å²) in [5.74, 6) is -1.34. The molecular weight excluding hydrogens is 308 g/mol. The SMILES string of the molecule is CC(=O)NC(CC(=O)NC(C)(C)CCC(=O)O)c1ccc(C)cc1. The number of benzene rings is 1. The molecule has 3 N–H and O–H groups in total. The van der Waals surface area contributed by atoms with Crippen LogP contribution >= 0.6 is 0 Å². The van der Waals surface area contributed by atoms with Crippen molar-refractivity contribution in [2.75, 3.05) is 0 Å². The van der Waals surface area contributed by atoms with Gasteiger partial charge in [-0.3, -0.25) is 14.4 Å². The van der Waals surface area contributed by atoms with Crippen LogP contribution in [0.25, 0.3) is 0 Å². The van der Waals surface area contributed by atoms with E-state index in [0.29, 0.717) is 6.42 Å². The van der Waals surface area contributed by atoms with Crippen molar-refractivity contribution in [2.24, 2.45) is 0 Å². The zero-order valence-electron chi connectivity index (χ0n) is 14.7. The molecule has 0 aliphatic heterocycles. The summed E-state index contributed by atoms with van der Waals surface area (Å²) in [6.45, 7) is 6.95. The second kappa shape index (κ2) is 8.47. The van der Waals surface area contributed by atoms with E-state index in [1.165, 1.54) is 6.92 Å². The smallest absolute Gasteiger partial charge is 0.303 e. The van der Waals surface area contributed by atoms with Gasteiger partial charge in [-0.1, -0.05) is 29.8 Å². The van der Waals surface area contributed by atoms with Crippen LogP contribution in [0.15, 0.2) is 24.3 Å². The summed E-state index contributed by atoms with van der Waals surface area (Å²) < 4.78 is 0. The van der Waals surface area contributed by atoms with Gasteiger partial charge in [0.05, 0.1) is 12.5 Å². The molecule has 132 valence electrons. The zero-order chi connectivity index (χ0) is 18.3. The van der Waals surface area contributed by atoms with Crippen LogP contribution in [-0.2, 0) is 14.4 Å². The van der Waals surface area contributed by atoms with Gasteiger partial charge in [0, 0.05) is 18.9 Å². The molecule has 2 amide bonds. The van der Waals surface area contributed by atoms with Crippen molar-refractivity contribution in [2.45, 2.75) is 58.5 Å². The lowest BCUT2D eigenvalue weighted by atomic mass is 9.96. The minimum absolute atomic E-state index is 0.0135. The van der Waals surface area contributed by atoms with Crippen LogP contribution in [0.3, 0.4) is 0 Å². The summed E-state index contributed by atoms with van der Waals surface area (Å²) in [6, 6.07) is 7.22. The van der Waals surface area contributed by atoms with Crippen molar-refractivity contribution in [1.29, 1.82) is 0 Å². The molecule has 1 aromatic rings. The third-order valence-electron chi connectivity index (χ3n) is 3.69. The standard InChI is InChI=1S/C18H26N2O4/c1-12-5-7-14(8-6-12)15(19-13(2)21)11-16(22)20-18(3,4)10-9-17(23)24/h5-8,15H,9-11H2,1-4H3,(H,19,21)(H,20,22)(H,23,24). The van der Waals surface area contributed by atoms with Crippen LogP contribution in [0.1, 0.15) is 57.2 Å². The van der Waals surface area contributed by atoms with Crippen molar-refractivity contribution in [1.82, 2.24) is 10.6 Å². The van der Waals surface area contributed by atoms with Crippen molar-refractivity contribution in [3.05, 3.63) is 35.4 Å². The van der Waals surface area contributed by atoms with E-state index in [2.05, 4.69) is 10.6 Å². The Morgan fingerprint density at radius 1 is 1.17 bits per heavy atom. The van der Waals surface area contributed by atoms with Crippen LogP contribution in [0.4, 0.5) is 0 Å². The highest BCUT2D eigenvalue weighted by Gasteiger charge is 2.24. The van der Waals surface area contributed by atoms with Crippen LogP contribution in [0.2, 0.25) is 0 Å². The molecule has 0 bridgehead atoms. The molecule has 1 rings (SSSR count). The van der Waals surface area contributed by atoms with E-state index in [-0.39, 0.29) is 24.7 Å². The van der Waals surface area contributed by atoms with Gasteiger partial charge in [0.15, 0.2) is 0 Å². The molecule has 0 saturated heterocycles. The predicted molar refractivity (Wildman–Crippen MR) is 91.4 cm³/mol. The fourth-order valence-electron chi connectivity index (χ4n) is 2.39. The number of carbonyl (C=O) groups is 3. The number of carboxylic acids is 1. The van der Waals surface area contributed by atoms with Crippen molar-refractivity contribution >= 4 is 17.8 Å². The number of nitrogens with one attached hydrogen (secondary N) is 2. The summed E-state index contributed by atoms with van der Waals surface area (Å²) in [5.41, 5.74) is 1.33. The van der Waals surface area contributed by atoms with Gasteiger partial charge in [-0.2, -0.15) is 0 Å². The zero-order valence-corrected chi connectivity index (χ0v) is 14.7. The summed E-state index contributed by atoms with van der Waals surface area (Å²) in [4.78, 5) is 34.4. The molecule has 0 radical (unpaired) electrons. The molecule has 24 heavy (non-hydrogen) atoms. The first-order valence-corrected chi connectivity index (χ1v) is 7.95. The summed E-state index contributed by atoms with van der Waals surface area (Å²) in [7, 11) is 0. The van der Waals surface area contributed by atoms with E-state index < -0.39 is 17.6 Å². The number of amides is 2. The van der Waals surface area contributed by atoms with Gasteiger partial charge in [0.1, 0.15) is 0 Å². The van der Waals surface area contributed by atoms with Crippen molar-refractivity contribution in [3.8, 4) is 0 Å². The van der Waals surface area contributed by atoms with E-state index in [4.69, 9.17) is 5.11 Å². The molecule has 1 atom stereocenters. The Morgan fingerprint density at radius 2 is 1.75 bits per heavy atom. The number of carboxylic acid groups (broad SMARTS) is 1. The van der Waals surface area contributed by atoms with E-state index in [1.54, 1.807) is 13.8 Å². The second-order valence-electron chi connectivity index (χ2n) is 6.69. The van der Waals surface area contributed by atoms with Gasteiger partial charge < -0.3 is 15.7 Å². The Balaban J connectivity index is 2.75. The first-order valence-electron chi connectivity index (χ1n) is 7.95. The highest BCUT2D eigenvalue weighted by molar-refractivity contribution is 5.79. The van der Waals surface area contributed by atoms with E-state index >= 15 is 0 Å². The fraction of sp³-hybridized carbons (Fsp3) is 0.500. The summed E-state index contributed by atoms with van der Waals surface area (Å²) in [6.07, 6.45) is 0.420. The predicted octanol–water partition coefficient (Wildman–Crippen LogP) is 2.32. The molecule has 6 nitrogen and oxygen atoms in total. The number of aryl methyl sites for hydroxylation is 1. The topological polar surface area (TPSA) is 95.5 Å². The van der Waals surface area contributed by atoms with Gasteiger partial charge >= 0.3 is 5.97 Å². The average molecular weight is 334 g/mol. The first kappa shape index (κ1) is 19.7. The van der Waals surface area contributed by atoms with Crippen LogP contribution in [-0.4, -0.2) is 28.4 Å². The quantitative estimate of drug-likeness (QED) is 0.680. The molecule has 0 saturated carbocycles. The Bertz CT molecular complexity index is 594. The third-order valence-corrected chi connectivity index (χ3v) is 3.69. The van der Waals surface area contributed by atoms with Crippen molar-refractivity contribution < 1.29 is 19.5 Å². The molecule has 0 fully saturated rings. The minimum atomic E-state index is -0.895. The molecule has 6 heteroatoms. The summed E-state index contributed by atoms with van der Waals surface area (Å²) in [5, 5.41) is 14.4. The second-order valence-corrected chi connectivity index (χ2v) is 6.69. The van der Waals surface area contributed by atoms with Gasteiger partial charge in [-0.05, 0) is 32.8 Å². The Labute approximate surface area is 142 Å². The number of hydrogen-bond acceptors (Lipinski definition) is 3. The molecule has 0 aliphatic carbocycles. The molecule has 1 aromatic carbocycles. The number of rotatable bonds is 8. The van der Waals surface area contributed by atoms with Gasteiger partial charge in [-0.15, -0.1) is 0 Å². The molecule has 1 unspecified atom stereocenters. The minimum Gasteiger partial charge on any atom is -0.481 e.